The molecule has 0 atom stereocenters. The second-order valence-electron chi connectivity index (χ2n) is 2.12. The third kappa shape index (κ3) is 1.61. The molecule has 2 radical (unpaired) electrons. The van der Waals surface area contributed by atoms with Crippen molar-refractivity contribution < 1.29 is 9.53 Å². The van der Waals surface area contributed by atoms with E-state index in [1.165, 1.54) is 7.11 Å². The SMILES string of the molecule is [B]c1cc(C=O)ccc1OC. The minimum atomic E-state index is 0.483. The molecule has 1 aromatic rings. The number of methoxy groups -OCH3 is 1. The van der Waals surface area contributed by atoms with Gasteiger partial charge in [-0.1, -0.05) is 11.5 Å². The van der Waals surface area contributed by atoms with Gasteiger partial charge in [0.25, 0.3) is 0 Å². The van der Waals surface area contributed by atoms with Crippen molar-refractivity contribution >= 4 is 19.6 Å². The van der Waals surface area contributed by atoms with E-state index in [9.17, 15) is 4.79 Å². The van der Waals surface area contributed by atoms with Crippen molar-refractivity contribution in [1.29, 1.82) is 0 Å². The van der Waals surface area contributed by atoms with Crippen molar-refractivity contribution in [2.75, 3.05) is 7.11 Å². The van der Waals surface area contributed by atoms with Crippen LogP contribution in [-0.2, 0) is 0 Å². The summed E-state index contributed by atoms with van der Waals surface area (Å²) in [5.41, 5.74) is 1.04. The Bertz CT molecular complexity index is 271. The van der Waals surface area contributed by atoms with Gasteiger partial charge in [0, 0.05) is 5.56 Å². The van der Waals surface area contributed by atoms with Gasteiger partial charge in [-0.05, 0) is 12.1 Å². The highest BCUT2D eigenvalue weighted by Gasteiger charge is 1.96. The molecule has 0 fully saturated rings. The molecule has 0 aliphatic carbocycles. The van der Waals surface area contributed by atoms with Gasteiger partial charge in [0.1, 0.15) is 19.9 Å². The van der Waals surface area contributed by atoms with E-state index in [4.69, 9.17) is 12.6 Å². The zero-order chi connectivity index (χ0) is 8.27. The summed E-state index contributed by atoms with van der Waals surface area (Å²) < 4.78 is 4.90. The predicted molar refractivity (Wildman–Crippen MR) is 43.8 cm³/mol. The molecule has 2 nitrogen and oxygen atoms in total. The number of carbonyl (C=O) groups is 1. The van der Waals surface area contributed by atoms with Crippen LogP contribution in [0, 0.1) is 0 Å². The lowest BCUT2D eigenvalue weighted by atomic mass is 9.93. The van der Waals surface area contributed by atoms with Gasteiger partial charge in [-0.2, -0.15) is 0 Å². The second-order valence-corrected chi connectivity index (χ2v) is 2.12. The third-order valence-electron chi connectivity index (χ3n) is 1.39. The number of hydrogen-bond donors (Lipinski definition) is 0. The van der Waals surface area contributed by atoms with E-state index >= 15 is 0 Å². The Balaban J connectivity index is 3.09. The molecule has 0 aromatic heterocycles. The zero-order valence-electron chi connectivity index (χ0n) is 6.20. The van der Waals surface area contributed by atoms with E-state index in [2.05, 4.69) is 0 Å². The average Bonchev–Trinajstić information content (AvgIpc) is 2.04. The first-order chi connectivity index (χ1) is 5.27. The van der Waals surface area contributed by atoms with Crippen LogP contribution in [0.3, 0.4) is 0 Å². The molecule has 0 unspecified atom stereocenters. The Hall–Kier alpha value is -1.25. The summed E-state index contributed by atoms with van der Waals surface area (Å²) in [5, 5.41) is 0. The first-order valence-corrected chi connectivity index (χ1v) is 3.16. The number of hydrogen-bond acceptors (Lipinski definition) is 2. The fourth-order valence-electron chi connectivity index (χ4n) is 0.826. The summed E-state index contributed by atoms with van der Waals surface area (Å²) in [6.07, 6.45) is 0.746. The van der Waals surface area contributed by atoms with Crippen molar-refractivity contribution in [2.45, 2.75) is 0 Å². The van der Waals surface area contributed by atoms with Crippen molar-refractivity contribution in [2.24, 2.45) is 0 Å². The van der Waals surface area contributed by atoms with Gasteiger partial charge in [-0.15, -0.1) is 0 Å². The predicted octanol–water partition coefficient (Wildman–Crippen LogP) is 0.301. The highest BCUT2D eigenvalue weighted by Crippen LogP contribution is 2.05. The lowest BCUT2D eigenvalue weighted by molar-refractivity contribution is 0.112. The molecule has 3 heteroatoms. The molecule has 1 aromatic carbocycles. The summed E-state index contributed by atoms with van der Waals surface area (Å²) in [6, 6.07) is 4.90. The Morgan fingerprint density at radius 1 is 1.55 bits per heavy atom. The van der Waals surface area contributed by atoms with Crippen LogP contribution in [0.2, 0.25) is 0 Å². The lowest BCUT2D eigenvalue weighted by Gasteiger charge is -2.03. The fourth-order valence-corrected chi connectivity index (χ4v) is 0.826. The van der Waals surface area contributed by atoms with Crippen LogP contribution in [0.5, 0.6) is 5.75 Å². The molecule has 0 amide bonds. The van der Waals surface area contributed by atoms with Crippen LogP contribution >= 0.6 is 0 Å². The van der Waals surface area contributed by atoms with Gasteiger partial charge in [0.05, 0.1) is 7.11 Å². The topological polar surface area (TPSA) is 26.3 Å². The van der Waals surface area contributed by atoms with E-state index in [0.717, 1.165) is 6.29 Å². The smallest absolute Gasteiger partial charge is 0.150 e. The van der Waals surface area contributed by atoms with E-state index in [0.29, 0.717) is 16.8 Å². The molecule has 0 heterocycles. The monoisotopic (exact) mass is 146 g/mol. The first-order valence-electron chi connectivity index (χ1n) is 3.16. The largest absolute Gasteiger partial charge is 0.497 e. The highest BCUT2D eigenvalue weighted by molar-refractivity contribution is 6.34. The fraction of sp³-hybridized carbons (Fsp3) is 0.125. The number of ether oxygens (including phenoxy) is 1. The molecule has 0 spiro atoms. The molecule has 0 aliphatic rings. The van der Waals surface area contributed by atoms with E-state index in [1.807, 2.05) is 0 Å². The normalized spacial score (nSPS) is 9.18. The van der Waals surface area contributed by atoms with Crippen LogP contribution < -0.4 is 10.2 Å². The van der Waals surface area contributed by atoms with Crippen molar-refractivity contribution in [3.8, 4) is 5.75 Å². The summed E-state index contributed by atoms with van der Waals surface area (Å²) in [4.78, 5) is 10.3. The van der Waals surface area contributed by atoms with E-state index in [-0.39, 0.29) is 0 Å². The molecule has 1 rings (SSSR count). The quantitative estimate of drug-likeness (QED) is 0.443. The molecule has 11 heavy (non-hydrogen) atoms. The number of benzene rings is 1. The van der Waals surface area contributed by atoms with Crippen molar-refractivity contribution in [3.63, 3.8) is 0 Å². The number of rotatable bonds is 2. The Labute approximate surface area is 66.6 Å². The standard InChI is InChI=1S/C8H7BO2/c1-11-8-3-2-6(5-10)4-7(8)9/h2-5H,1H3. The molecule has 0 aliphatic heterocycles. The van der Waals surface area contributed by atoms with Crippen LogP contribution in [-0.4, -0.2) is 21.2 Å². The van der Waals surface area contributed by atoms with Gasteiger partial charge >= 0.3 is 0 Å². The van der Waals surface area contributed by atoms with Crippen LogP contribution in [0.4, 0.5) is 0 Å². The van der Waals surface area contributed by atoms with E-state index in [1.54, 1.807) is 18.2 Å². The summed E-state index contributed by atoms with van der Waals surface area (Å²) in [5.74, 6) is 0.593. The van der Waals surface area contributed by atoms with Gasteiger partial charge in [0.2, 0.25) is 0 Å². The maximum Gasteiger partial charge on any atom is 0.150 e. The molecular weight excluding hydrogens is 139 g/mol. The number of aldehydes is 1. The van der Waals surface area contributed by atoms with E-state index < -0.39 is 0 Å². The van der Waals surface area contributed by atoms with Crippen LogP contribution in [0.25, 0.3) is 0 Å². The van der Waals surface area contributed by atoms with Crippen LogP contribution in [0.1, 0.15) is 10.4 Å². The maximum absolute atomic E-state index is 10.3. The molecule has 0 saturated heterocycles. The Kier molecular flexibility index (Phi) is 2.31. The first kappa shape index (κ1) is 7.86. The summed E-state index contributed by atoms with van der Waals surface area (Å²) in [7, 11) is 7.06. The third-order valence-corrected chi connectivity index (χ3v) is 1.39. The molecule has 0 bridgehead atoms. The number of carbonyl (C=O) groups excluding carboxylic acids is 1. The van der Waals surface area contributed by atoms with Crippen molar-refractivity contribution in [3.05, 3.63) is 23.8 Å². The molecule has 54 valence electrons. The minimum Gasteiger partial charge on any atom is -0.497 e. The Morgan fingerprint density at radius 2 is 2.27 bits per heavy atom. The Morgan fingerprint density at radius 3 is 2.73 bits per heavy atom. The lowest BCUT2D eigenvalue weighted by Crippen LogP contribution is -2.07. The van der Waals surface area contributed by atoms with Crippen molar-refractivity contribution in [1.82, 2.24) is 0 Å². The van der Waals surface area contributed by atoms with Crippen LogP contribution in [0.15, 0.2) is 18.2 Å². The van der Waals surface area contributed by atoms with Gasteiger partial charge in [-0.3, -0.25) is 4.79 Å². The van der Waals surface area contributed by atoms with Gasteiger partial charge in [-0.25, -0.2) is 0 Å². The molecule has 0 saturated carbocycles. The summed E-state index contributed by atoms with van der Waals surface area (Å²) in [6.45, 7) is 0. The molecule has 0 N–H and O–H groups in total. The maximum atomic E-state index is 10.3. The highest BCUT2D eigenvalue weighted by atomic mass is 16.5. The second kappa shape index (κ2) is 3.24. The van der Waals surface area contributed by atoms with Gasteiger partial charge < -0.3 is 4.74 Å². The van der Waals surface area contributed by atoms with Gasteiger partial charge in [0.15, 0.2) is 0 Å². The molecular formula is C8H7BO2. The minimum absolute atomic E-state index is 0.483. The summed E-state index contributed by atoms with van der Waals surface area (Å²) >= 11 is 0. The average molecular weight is 146 g/mol. The zero-order valence-corrected chi connectivity index (χ0v) is 6.20.